The van der Waals surface area contributed by atoms with Crippen LogP contribution in [0.15, 0.2) is 18.2 Å². The van der Waals surface area contributed by atoms with Gasteiger partial charge in [-0.3, -0.25) is 0 Å². The lowest BCUT2D eigenvalue weighted by Gasteiger charge is -1.97. The number of hydrogen-bond acceptors (Lipinski definition) is 1. The minimum atomic E-state index is 0.860. The second-order valence-electron chi connectivity index (χ2n) is 3.42. The van der Waals surface area contributed by atoms with Crippen LogP contribution >= 0.6 is 0 Å². The molecular formula is C12H18O. The summed E-state index contributed by atoms with van der Waals surface area (Å²) >= 11 is 0. The Labute approximate surface area is 80.7 Å². The summed E-state index contributed by atoms with van der Waals surface area (Å²) in [6.07, 6.45) is 2.33. The van der Waals surface area contributed by atoms with Gasteiger partial charge in [0.1, 0.15) is 5.75 Å². The molecule has 2 rings (SSSR count). The quantitative estimate of drug-likeness (QED) is 0.592. The highest BCUT2D eigenvalue weighted by Crippen LogP contribution is 2.25. The first kappa shape index (κ1) is 10.1. The van der Waals surface area contributed by atoms with E-state index in [0.29, 0.717) is 0 Å². The van der Waals surface area contributed by atoms with E-state index in [2.05, 4.69) is 39.0 Å². The van der Waals surface area contributed by atoms with Crippen molar-refractivity contribution in [3.8, 4) is 5.75 Å². The highest BCUT2D eigenvalue weighted by molar-refractivity contribution is 5.39. The monoisotopic (exact) mass is 178 g/mol. The molecule has 1 aliphatic rings. The molecule has 0 radical (unpaired) electrons. The van der Waals surface area contributed by atoms with Gasteiger partial charge in [-0.25, -0.2) is 0 Å². The molecule has 0 fully saturated rings. The van der Waals surface area contributed by atoms with Gasteiger partial charge < -0.3 is 4.74 Å². The molecule has 0 amide bonds. The molecule has 0 aromatic heterocycles. The van der Waals surface area contributed by atoms with E-state index in [4.69, 9.17) is 4.74 Å². The van der Waals surface area contributed by atoms with Gasteiger partial charge in [-0.05, 0) is 24.1 Å². The summed E-state index contributed by atoms with van der Waals surface area (Å²) < 4.78 is 5.38. The molecule has 0 saturated heterocycles. The minimum Gasteiger partial charge on any atom is -0.493 e. The lowest BCUT2D eigenvalue weighted by molar-refractivity contribution is 0.356. The third-order valence-corrected chi connectivity index (χ3v) is 1.85. The zero-order valence-electron chi connectivity index (χ0n) is 8.76. The lowest BCUT2D eigenvalue weighted by atomic mass is 10.1. The topological polar surface area (TPSA) is 9.23 Å². The van der Waals surface area contributed by atoms with E-state index >= 15 is 0 Å². The van der Waals surface area contributed by atoms with E-state index < -0.39 is 0 Å². The van der Waals surface area contributed by atoms with E-state index in [9.17, 15) is 0 Å². The standard InChI is InChI=1S/C9H10O.C3H8/c1-7-2-3-8-4-5-10-9(8)6-7;1-3-2/h2-3,6H,4-5H2,1H3;3H2,1-2H3. The third-order valence-electron chi connectivity index (χ3n) is 1.85. The molecule has 0 aliphatic carbocycles. The molecule has 1 nitrogen and oxygen atoms in total. The summed E-state index contributed by atoms with van der Waals surface area (Å²) in [6.45, 7) is 7.20. The van der Waals surface area contributed by atoms with Gasteiger partial charge in [-0.1, -0.05) is 32.4 Å². The zero-order chi connectivity index (χ0) is 9.68. The SMILES string of the molecule is CCC.Cc1ccc2c(c1)OCC2. The van der Waals surface area contributed by atoms with E-state index in [1.165, 1.54) is 17.5 Å². The summed E-state index contributed by atoms with van der Waals surface area (Å²) in [7, 11) is 0. The number of benzene rings is 1. The Bertz CT molecular complexity index is 266. The van der Waals surface area contributed by atoms with Gasteiger partial charge in [0.25, 0.3) is 0 Å². The highest BCUT2D eigenvalue weighted by Gasteiger charge is 2.09. The molecule has 0 N–H and O–H groups in total. The maximum Gasteiger partial charge on any atom is 0.122 e. The van der Waals surface area contributed by atoms with Gasteiger partial charge in [-0.2, -0.15) is 0 Å². The normalized spacial score (nSPS) is 12.5. The molecule has 1 aromatic rings. The van der Waals surface area contributed by atoms with Gasteiger partial charge in [0, 0.05) is 6.42 Å². The number of aryl methyl sites for hydroxylation is 1. The molecule has 72 valence electrons. The molecule has 0 spiro atoms. The molecule has 0 atom stereocenters. The van der Waals surface area contributed by atoms with E-state index in [0.717, 1.165) is 18.8 Å². The first-order valence-electron chi connectivity index (χ1n) is 5.00. The summed E-state index contributed by atoms with van der Waals surface area (Å²) in [5.41, 5.74) is 2.63. The average molecular weight is 178 g/mol. The first-order valence-corrected chi connectivity index (χ1v) is 5.00. The Morgan fingerprint density at radius 2 is 2.00 bits per heavy atom. The number of hydrogen-bond donors (Lipinski definition) is 0. The van der Waals surface area contributed by atoms with Crippen molar-refractivity contribution in [1.29, 1.82) is 0 Å². The summed E-state index contributed by atoms with van der Waals surface area (Å²) in [5, 5.41) is 0. The Kier molecular flexibility index (Phi) is 3.81. The maximum absolute atomic E-state index is 5.38. The van der Waals surface area contributed by atoms with Crippen molar-refractivity contribution in [1.82, 2.24) is 0 Å². The Morgan fingerprint density at radius 3 is 2.69 bits per heavy atom. The molecular weight excluding hydrogens is 160 g/mol. The van der Waals surface area contributed by atoms with Crippen LogP contribution in [0.5, 0.6) is 5.75 Å². The molecule has 1 heterocycles. The highest BCUT2D eigenvalue weighted by atomic mass is 16.5. The van der Waals surface area contributed by atoms with Crippen LogP contribution in [-0.4, -0.2) is 6.61 Å². The number of ether oxygens (including phenoxy) is 1. The smallest absolute Gasteiger partial charge is 0.122 e. The van der Waals surface area contributed by atoms with E-state index in [1.807, 2.05) is 0 Å². The van der Waals surface area contributed by atoms with Crippen molar-refractivity contribution in [2.75, 3.05) is 6.61 Å². The number of rotatable bonds is 0. The van der Waals surface area contributed by atoms with Gasteiger partial charge >= 0.3 is 0 Å². The van der Waals surface area contributed by atoms with Crippen LogP contribution in [0.4, 0.5) is 0 Å². The fraction of sp³-hybridized carbons (Fsp3) is 0.500. The molecule has 1 aliphatic heterocycles. The Hall–Kier alpha value is -0.980. The van der Waals surface area contributed by atoms with Crippen molar-refractivity contribution >= 4 is 0 Å². The zero-order valence-corrected chi connectivity index (χ0v) is 8.76. The predicted molar refractivity (Wildman–Crippen MR) is 56.3 cm³/mol. The van der Waals surface area contributed by atoms with Crippen LogP contribution in [0, 0.1) is 6.92 Å². The molecule has 1 heteroatoms. The first-order chi connectivity index (χ1) is 6.27. The van der Waals surface area contributed by atoms with Crippen LogP contribution in [0.25, 0.3) is 0 Å². The second-order valence-corrected chi connectivity index (χ2v) is 3.42. The van der Waals surface area contributed by atoms with Crippen LogP contribution in [0.2, 0.25) is 0 Å². The third kappa shape index (κ3) is 2.76. The molecule has 13 heavy (non-hydrogen) atoms. The number of fused-ring (bicyclic) bond motifs is 1. The molecule has 0 bridgehead atoms. The van der Waals surface area contributed by atoms with Crippen LogP contribution in [0.3, 0.4) is 0 Å². The second kappa shape index (κ2) is 4.90. The molecule has 0 saturated carbocycles. The van der Waals surface area contributed by atoms with Crippen LogP contribution in [0.1, 0.15) is 31.4 Å². The van der Waals surface area contributed by atoms with E-state index in [-0.39, 0.29) is 0 Å². The lowest BCUT2D eigenvalue weighted by Crippen LogP contribution is -1.86. The minimum absolute atomic E-state index is 0.860. The van der Waals surface area contributed by atoms with E-state index in [1.54, 1.807) is 0 Å². The van der Waals surface area contributed by atoms with Gasteiger partial charge in [0.15, 0.2) is 0 Å². The van der Waals surface area contributed by atoms with Crippen molar-refractivity contribution in [3.63, 3.8) is 0 Å². The summed E-state index contributed by atoms with van der Waals surface area (Å²) in [4.78, 5) is 0. The van der Waals surface area contributed by atoms with Crippen LogP contribution in [-0.2, 0) is 6.42 Å². The van der Waals surface area contributed by atoms with Crippen molar-refractivity contribution < 1.29 is 4.74 Å². The Balaban J connectivity index is 0.000000251. The molecule has 0 unspecified atom stereocenters. The summed E-state index contributed by atoms with van der Waals surface area (Å²) in [5.74, 6) is 1.08. The van der Waals surface area contributed by atoms with Crippen molar-refractivity contribution in [2.45, 2.75) is 33.6 Å². The van der Waals surface area contributed by atoms with Crippen molar-refractivity contribution in [3.05, 3.63) is 29.3 Å². The van der Waals surface area contributed by atoms with Gasteiger partial charge in [0.2, 0.25) is 0 Å². The largest absolute Gasteiger partial charge is 0.493 e. The maximum atomic E-state index is 5.38. The Morgan fingerprint density at radius 1 is 1.31 bits per heavy atom. The average Bonchev–Trinajstić information content (AvgIpc) is 2.52. The van der Waals surface area contributed by atoms with Gasteiger partial charge in [-0.15, -0.1) is 0 Å². The van der Waals surface area contributed by atoms with Crippen LogP contribution < -0.4 is 4.74 Å². The fourth-order valence-electron chi connectivity index (χ4n) is 1.27. The van der Waals surface area contributed by atoms with Crippen molar-refractivity contribution in [2.24, 2.45) is 0 Å². The predicted octanol–water partition coefficient (Wildman–Crippen LogP) is 3.35. The summed E-state index contributed by atoms with van der Waals surface area (Å²) in [6, 6.07) is 6.38. The molecule has 1 aromatic carbocycles. The van der Waals surface area contributed by atoms with Gasteiger partial charge in [0.05, 0.1) is 6.61 Å². The fourth-order valence-corrected chi connectivity index (χ4v) is 1.27.